The van der Waals surface area contributed by atoms with Gasteiger partial charge in [-0.25, -0.2) is 4.98 Å². The molecule has 0 amide bonds. The highest BCUT2D eigenvalue weighted by atomic mass is 32.2. The molecule has 1 heterocycles. The van der Waals surface area contributed by atoms with Gasteiger partial charge >= 0.3 is 0 Å². The second-order valence-electron chi connectivity index (χ2n) is 3.44. The van der Waals surface area contributed by atoms with Gasteiger partial charge in [0.15, 0.2) is 5.16 Å². The third-order valence-electron chi connectivity index (χ3n) is 2.25. The van der Waals surface area contributed by atoms with Crippen molar-refractivity contribution in [2.45, 2.75) is 30.5 Å². The predicted molar refractivity (Wildman–Crippen MR) is 59.4 cm³/mol. The topological polar surface area (TPSA) is 77.4 Å². The first-order chi connectivity index (χ1) is 7.20. The highest BCUT2D eigenvalue weighted by Crippen LogP contribution is 2.17. The molecule has 2 N–H and O–H groups in total. The molecule has 6 heteroatoms. The van der Waals surface area contributed by atoms with E-state index in [1.165, 1.54) is 6.33 Å². The van der Waals surface area contributed by atoms with Crippen LogP contribution in [0, 0.1) is 11.3 Å². The largest absolute Gasteiger partial charge is 0.303 e. The SMILES string of the molecule is CNC(C)(C#N)CCCSc1ncn[nH]1. The Morgan fingerprint density at radius 1 is 1.73 bits per heavy atom. The summed E-state index contributed by atoms with van der Waals surface area (Å²) in [6, 6.07) is 2.27. The molecule has 1 atom stereocenters. The maximum atomic E-state index is 8.92. The summed E-state index contributed by atoms with van der Waals surface area (Å²) >= 11 is 1.62. The highest BCUT2D eigenvalue weighted by molar-refractivity contribution is 7.99. The third-order valence-corrected chi connectivity index (χ3v) is 3.21. The van der Waals surface area contributed by atoms with E-state index < -0.39 is 5.54 Å². The molecule has 0 saturated heterocycles. The Morgan fingerprint density at radius 3 is 3.07 bits per heavy atom. The first-order valence-electron chi connectivity index (χ1n) is 4.78. The van der Waals surface area contributed by atoms with Crippen LogP contribution in [0.2, 0.25) is 0 Å². The van der Waals surface area contributed by atoms with Gasteiger partial charge in [-0.2, -0.15) is 10.4 Å². The molecule has 15 heavy (non-hydrogen) atoms. The molecule has 5 nitrogen and oxygen atoms in total. The van der Waals surface area contributed by atoms with Crippen LogP contribution in [0.15, 0.2) is 11.5 Å². The number of thioether (sulfide) groups is 1. The highest BCUT2D eigenvalue weighted by Gasteiger charge is 2.19. The molecule has 1 unspecified atom stereocenters. The number of nitriles is 1. The molecule has 0 saturated carbocycles. The Kier molecular flexibility index (Phi) is 4.59. The molecule has 0 aliphatic carbocycles. The monoisotopic (exact) mass is 225 g/mol. The van der Waals surface area contributed by atoms with Gasteiger partial charge in [0, 0.05) is 5.75 Å². The number of aromatic nitrogens is 3. The van der Waals surface area contributed by atoms with Crippen molar-refractivity contribution in [2.24, 2.45) is 0 Å². The third kappa shape index (κ3) is 3.90. The summed E-state index contributed by atoms with van der Waals surface area (Å²) in [4.78, 5) is 4.01. The van der Waals surface area contributed by atoms with Gasteiger partial charge < -0.3 is 5.32 Å². The summed E-state index contributed by atoms with van der Waals surface area (Å²) in [6.07, 6.45) is 3.30. The second kappa shape index (κ2) is 5.73. The van der Waals surface area contributed by atoms with Gasteiger partial charge in [-0.3, -0.25) is 5.10 Å². The molecule has 0 aromatic carbocycles. The van der Waals surface area contributed by atoms with E-state index in [2.05, 4.69) is 26.6 Å². The first-order valence-corrected chi connectivity index (χ1v) is 5.77. The van der Waals surface area contributed by atoms with Gasteiger partial charge in [0.1, 0.15) is 11.9 Å². The number of rotatable bonds is 6. The van der Waals surface area contributed by atoms with E-state index in [0.717, 1.165) is 23.8 Å². The first kappa shape index (κ1) is 12.0. The molecule has 1 aromatic rings. The molecule has 0 aliphatic heterocycles. The van der Waals surface area contributed by atoms with Crippen LogP contribution in [0.3, 0.4) is 0 Å². The van der Waals surface area contributed by atoms with Crippen molar-refractivity contribution in [3.05, 3.63) is 6.33 Å². The minimum absolute atomic E-state index is 0.415. The quantitative estimate of drug-likeness (QED) is 0.561. The van der Waals surface area contributed by atoms with Gasteiger partial charge in [-0.05, 0) is 26.8 Å². The Balaban J connectivity index is 2.20. The zero-order valence-corrected chi connectivity index (χ0v) is 9.77. The van der Waals surface area contributed by atoms with Crippen molar-refractivity contribution in [1.82, 2.24) is 20.5 Å². The normalized spacial score (nSPS) is 14.5. The molecule has 0 aliphatic rings. The maximum Gasteiger partial charge on any atom is 0.183 e. The van der Waals surface area contributed by atoms with Crippen molar-refractivity contribution in [3.8, 4) is 6.07 Å². The second-order valence-corrected chi connectivity index (χ2v) is 4.52. The lowest BCUT2D eigenvalue weighted by molar-refractivity contribution is 0.451. The summed E-state index contributed by atoms with van der Waals surface area (Å²) in [6.45, 7) is 1.91. The zero-order valence-electron chi connectivity index (χ0n) is 8.95. The van der Waals surface area contributed by atoms with Gasteiger partial charge in [0.05, 0.1) is 6.07 Å². The molecule has 0 fully saturated rings. The summed E-state index contributed by atoms with van der Waals surface area (Å²) in [5.74, 6) is 0.939. The van der Waals surface area contributed by atoms with E-state index >= 15 is 0 Å². The molecule has 0 spiro atoms. The van der Waals surface area contributed by atoms with Crippen LogP contribution in [0.4, 0.5) is 0 Å². The van der Waals surface area contributed by atoms with E-state index in [0.29, 0.717) is 0 Å². The lowest BCUT2D eigenvalue weighted by Crippen LogP contribution is -2.37. The van der Waals surface area contributed by atoms with Gasteiger partial charge in [0.25, 0.3) is 0 Å². The number of nitrogens with zero attached hydrogens (tertiary/aromatic N) is 3. The minimum atomic E-state index is -0.415. The molecule has 82 valence electrons. The van der Waals surface area contributed by atoms with E-state index in [9.17, 15) is 0 Å². The number of H-pyrrole nitrogens is 1. The van der Waals surface area contributed by atoms with E-state index in [-0.39, 0.29) is 0 Å². The van der Waals surface area contributed by atoms with Gasteiger partial charge in [-0.1, -0.05) is 11.8 Å². The summed E-state index contributed by atoms with van der Waals surface area (Å²) < 4.78 is 0. The molecular weight excluding hydrogens is 210 g/mol. The van der Waals surface area contributed by atoms with Crippen LogP contribution < -0.4 is 5.32 Å². The fourth-order valence-corrected chi connectivity index (χ4v) is 1.82. The number of nitrogens with one attached hydrogen (secondary N) is 2. The van der Waals surface area contributed by atoms with Crippen LogP contribution in [0.5, 0.6) is 0 Å². The van der Waals surface area contributed by atoms with Crippen LogP contribution >= 0.6 is 11.8 Å². The smallest absolute Gasteiger partial charge is 0.183 e. The lowest BCUT2D eigenvalue weighted by Gasteiger charge is -2.19. The molecular formula is C9H15N5S. The van der Waals surface area contributed by atoms with Crippen LogP contribution in [0.1, 0.15) is 19.8 Å². The Morgan fingerprint density at radius 2 is 2.53 bits per heavy atom. The van der Waals surface area contributed by atoms with Crippen molar-refractivity contribution in [2.75, 3.05) is 12.8 Å². The summed E-state index contributed by atoms with van der Waals surface area (Å²) in [7, 11) is 1.81. The lowest BCUT2D eigenvalue weighted by atomic mass is 9.99. The van der Waals surface area contributed by atoms with Crippen LogP contribution in [-0.4, -0.2) is 33.5 Å². The Hall–Kier alpha value is -1.06. The van der Waals surface area contributed by atoms with Crippen LogP contribution in [-0.2, 0) is 0 Å². The number of hydrogen-bond acceptors (Lipinski definition) is 5. The van der Waals surface area contributed by atoms with Crippen molar-refractivity contribution < 1.29 is 0 Å². The Labute approximate surface area is 93.7 Å². The molecule has 1 aromatic heterocycles. The molecule has 0 bridgehead atoms. The summed E-state index contributed by atoms with van der Waals surface area (Å²) in [5.41, 5.74) is -0.415. The fourth-order valence-electron chi connectivity index (χ4n) is 1.10. The minimum Gasteiger partial charge on any atom is -0.303 e. The van der Waals surface area contributed by atoms with Crippen molar-refractivity contribution in [1.29, 1.82) is 5.26 Å². The van der Waals surface area contributed by atoms with Crippen LogP contribution in [0.25, 0.3) is 0 Å². The zero-order chi connectivity index (χ0) is 11.1. The average molecular weight is 225 g/mol. The van der Waals surface area contributed by atoms with E-state index in [4.69, 9.17) is 5.26 Å². The van der Waals surface area contributed by atoms with Gasteiger partial charge in [-0.15, -0.1) is 0 Å². The number of hydrogen-bond donors (Lipinski definition) is 2. The summed E-state index contributed by atoms with van der Waals surface area (Å²) in [5, 5.41) is 19.3. The van der Waals surface area contributed by atoms with E-state index in [1.807, 2.05) is 14.0 Å². The van der Waals surface area contributed by atoms with Gasteiger partial charge in [0.2, 0.25) is 0 Å². The fraction of sp³-hybridized carbons (Fsp3) is 0.667. The van der Waals surface area contributed by atoms with Crippen molar-refractivity contribution in [3.63, 3.8) is 0 Å². The van der Waals surface area contributed by atoms with E-state index in [1.54, 1.807) is 11.8 Å². The average Bonchev–Trinajstić information content (AvgIpc) is 2.77. The number of aromatic amines is 1. The Bertz CT molecular complexity index is 318. The maximum absolute atomic E-state index is 8.92. The molecule has 0 radical (unpaired) electrons. The van der Waals surface area contributed by atoms with Crippen molar-refractivity contribution >= 4 is 11.8 Å². The molecule has 1 rings (SSSR count). The predicted octanol–water partition coefficient (Wildman–Crippen LogP) is 1.18. The standard InChI is InChI=1S/C9H15N5S/c1-9(6-10,11-2)4-3-5-15-8-12-7-13-14-8/h7,11H,3-5H2,1-2H3,(H,12,13,14).